The van der Waals surface area contributed by atoms with Crippen LogP contribution in [0.1, 0.15) is 56.7 Å². The van der Waals surface area contributed by atoms with Crippen LogP contribution >= 0.6 is 0 Å². The Hall–Kier alpha value is -1.32. The van der Waals surface area contributed by atoms with Gasteiger partial charge in [0.15, 0.2) is 0 Å². The molecule has 2 N–H and O–H groups in total. The first-order valence-electron chi connectivity index (χ1n) is 7.58. The van der Waals surface area contributed by atoms with Crippen LogP contribution in [0.5, 0.6) is 0 Å². The van der Waals surface area contributed by atoms with Crippen molar-refractivity contribution in [2.45, 2.75) is 50.9 Å². The number of rotatable bonds is 4. The van der Waals surface area contributed by atoms with E-state index in [9.17, 15) is 0 Å². The van der Waals surface area contributed by atoms with E-state index in [4.69, 9.17) is 10.7 Å². The maximum atomic E-state index is 5.92. The molecule has 0 unspecified atom stereocenters. The molecule has 4 nitrogen and oxygen atoms in total. The Balaban J connectivity index is 1.69. The zero-order valence-corrected chi connectivity index (χ0v) is 11.8. The standard InChI is InChI=1S/C15H24N4/c1-19(10-11-5-3-2-4-6-11)14-9-13(16)17-15(18-14)12-7-8-12/h9,11-12H,2-8,10H2,1H3,(H2,16,17,18). The van der Waals surface area contributed by atoms with Gasteiger partial charge < -0.3 is 10.6 Å². The molecule has 2 saturated carbocycles. The minimum atomic E-state index is 0.560. The van der Waals surface area contributed by atoms with Crippen LogP contribution in [0.3, 0.4) is 0 Å². The van der Waals surface area contributed by atoms with Gasteiger partial charge in [-0.25, -0.2) is 9.97 Å². The third-order valence-electron chi connectivity index (χ3n) is 4.34. The zero-order chi connectivity index (χ0) is 13.2. The highest BCUT2D eigenvalue weighted by Gasteiger charge is 2.27. The number of aromatic nitrogens is 2. The van der Waals surface area contributed by atoms with Crippen LogP contribution in [0.25, 0.3) is 0 Å². The number of nitrogen functional groups attached to an aromatic ring is 1. The predicted octanol–water partition coefficient (Wildman–Crippen LogP) is 2.95. The highest BCUT2D eigenvalue weighted by atomic mass is 15.2. The van der Waals surface area contributed by atoms with Crippen LogP contribution < -0.4 is 10.6 Å². The lowest BCUT2D eigenvalue weighted by Gasteiger charge is -2.28. The van der Waals surface area contributed by atoms with E-state index >= 15 is 0 Å². The lowest BCUT2D eigenvalue weighted by Crippen LogP contribution is -2.28. The van der Waals surface area contributed by atoms with Crippen molar-refractivity contribution in [2.24, 2.45) is 5.92 Å². The van der Waals surface area contributed by atoms with E-state index < -0.39 is 0 Å². The minimum absolute atomic E-state index is 0.560. The van der Waals surface area contributed by atoms with Crippen molar-refractivity contribution in [3.05, 3.63) is 11.9 Å². The fraction of sp³-hybridized carbons (Fsp3) is 0.733. The summed E-state index contributed by atoms with van der Waals surface area (Å²) in [4.78, 5) is 11.3. The van der Waals surface area contributed by atoms with Gasteiger partial charge in [-0.1, -0.05) is 19.3 Å². The summed E-state index contributed by atoms with van der Waals surface area (Å²) in [5, 5.41) is 0. The molecule has 19 heavy (non-hydrogen) atoms. The summed E-state index contributed by atoms with van der Waals surface area (Å²) in [5.74, 6) is 3.94. The Labute approximate surface area is 115 Å². The molecule has 0 radical (unpaired) electrons. The average molecular weight is 260 g/mol. The number of anilines is 2. The van der Waals surface area contributed by atoms with Gasteiger partial charge in [0.1, 0.15) is 17.5 Å². The third kappa shape index (κ3) is 3.17. The highest BCUT2D eigenvalue weighted by molar-refractivity contribution is 5.47. The van der Waals surface area contributed by atoms with Crippen LogP contribution in [0.2, 0.25) is 0 Å². The van der Waals surface area contributed by atoms with Gasteiger partial charge in [0.2, 0.25) is 0 Å². The largest absolute Gasteiger partial charge is 0.384 e. The summed E-state index contributed by atoms with van der Waals surface area (Å²) in [7, 11) is 2.13. The van der Waals surface area contributed by atoms with Gasteiger partial charge in [0, 0.05) is 25.6 Å². The second-order valence-corrected chi connectivity index (χ2v) is 6.17. The summed E-state index contributed by atoms with van der Waals surface area (Å²) >= 11 is 0. The molecule has 0 spiro atoms. The van der Waals surface area contributed by atoms with E-state index in [1.165, 1.54) is 44.9 Å². The highest BCUT2D eigenvalue weighted by Crippen LogP contribution is 2.39. The molecular formula is C15H24N4. The normalized spacial score (nSPS) is 20.5. The smallest absolute Gasteiger partial charge is 0.136 e. The molecule has 0 atom stereocenters. The number of nitrogens with two attached hydrogens (primary N) is 1. The molecule has 2 fully saturated rings. The van der Waals surface area contributed by atoms with Crippen LogP contribution in [-0.2, 0) is 0 Å². The van der Waals surface area contributed by atoms with Crippen molar-refractivity contribution in [1.82, 2.24) is 9.97 Å². The molecule has 0 aliphatic heterocycles. The van der Waals surface area contributed by atoms with E-state index in [2.05, 4.69) is 16.9 Å². The maximum Gasteiger partial charge on any atom is 0.136 e. The molecule has 0 bridgehead atoms. The van der Waals surface area contributed by atoms with Crippen molar-refractivity contribution >= 4 is 11.6 Å². The lowest BCUT2D eigenvalue weighted by atomic mass is 9.89. The zero-order valence-electron chi connectivity index (χ0n) is 11.8. The molecule has 0 amide bonds. The fourth-order valence-electron chi connectivity index (χ4n) is 3.04. The number of hydrogen-bond acceptors (Lipinski definition) is 4. The molecule has 2 aliphatic rings. The molecule has 104 valence electrons. The Kier molecular flexibility index (Phi) is 3.58. The minimum Gasteiger partial charge on any atom is -0.384 e. The second kappa shape index (κ2) is 5.35. The van der Waals surface area contributed by atoms with Crippen LogP contribution in [0.4, 0.5) is 11.6 Å². The molecule has 2 aliphatic carbocycles. The van der Waals surface area contributed by atoms with Crippen molar-refractivity contribution < 1.29 is 0 Å². The first kappa shape index (κ1) is 12.7. The topological polar surface area (TPSA) is 55.0 Å². The molecule has 0 aromatic carbocycles. The lowest BCUT2D eigenvalue weighted by molar-refractivity contribution is 0.361. The van der Waals surface area contributed by atoms with Crippen LogP contribution in [-0.4, -0.2) is 23.6 Å². The molecule has 1 aromatic rings. The summed E-state index contributed by atoms with van der Waals surface area (Å²) in [6.45, 7) is 1.10. The second-order valence-electron chi connectivity index (χ2n) is 6.17. The molecule has 4 heteroatoms. The molecular weight excluding hydrogens is 236 g/mol. The maximum absolute atomic E-state index is 5.92. The van der Waals surface area contributed by atoms with Gasteiger partial charge in [-0.3, -0.25) is 0 Å². The Morgan fingerprint density at radius 3 is 2.58 bits per heavy atom. The number of nitrogens with zero attached hydrogens (tertiary/aromatic N) is 3. The van der Waals surface area contributed by atoms with Crippen molar-refractivity contribution in [1.29, 1.82) is 0 Å². The first-order chi connectivity index (χ1) is 9.22. The SMILES string of the molecule is CN(CC1CCCCC1)c1cc(N)nc(C2CC2)n1. The predicted molar refractivity (Wildman–Crippen MR) is 78.3 cm³/mol. The van der Waals surface area contributed by atoms with Gasteiger partial charge in [0.05, 0.1) is 0 Å². The van der Waals surface area contributed by atoms with E-state index in [-0.39, 0.29) is 0 Å². The summed E-state index contributed by atoms with van der Waals surface area (Å²) in [6, 6.07) is 1.91. The Bertz CT molecular complexity index is 436. The van der Waals surface area contributed by atoms with Crippen LogP contribution in [0.15, 0.2) is 6.07 Å². The molecule has 1 heterocycles. The van der Waals surface area contributed by atoms with E-state index in [1.807, 2.05) is 6.07 Å². The molecule has 1 aromatic heterocycles. The molecule has 0 saturated heterocycles. The quantitative estimate of drug-likeness (QED) is 0.904. The van der Waals surface area contributed by atoms with Gasteiger partial charge in [-0.05, 0) is 31.6 Å². The number of hydrogen-bond donors (Lipinski definition) is 1. The first-order valence-corrected chi connectivity index (χ1v) is 7.58. The summed E-state index contributed by atoms with van der Waals surface area (Å²) in [6.07, 6.45) is 9.34. The van der Waals surface area contributed by atoms with Gasteiger partial charge in [-0.2, -0.15) is 0 Å². The van der Waals surface area contributed by atoms with Crippen molar-refractivity contribution in [3.8, 4) is 0 Å². The third-order valence-corrected chi connectivity index (χ3v) is 4.34. The van der Waals surface area contributed by atoms with Crippen molar-refractivity contribution in [2.75, 3.05) is 24.2 Å². The van der Waals surface area contributed by atoms with Gasteiger partial charge in [0.25, 0.3) is 0 Å². The van der Waals surface area contributed by atoms with E-state index in [1.54, 1.807) is 0 Å². The van der Waals surface area contributed by atoms with Gasteiger partial charge in [-0.15, -0.1) is 0 Å². The van der Waals surface area contributed by atoms with E-state index in [0.29, 0.717) is 11.7 Å². The van der Waals surface area contributed by atoms with Crippen molar-refractivity contribution in [3.63, 3.8) is 0 Å². The molecule has 3 rings (SSSR count). The van der Waals surface area contributed by atoms with Crippen LogP contribution in [0, 0.1) is 5.92 Å². The van der Waals surface area contributed by atoms with Gasteiger partial charge >= 0.3 is 0 Å². The summed E-state index contributed by atoms with van der Waals surface area (Å²) < 4.78 is 0. The average Bonchev–Trinajstić information content (AvgIpc) is 3.23. The van der Waals surface area contributed by atoms with E-state index in [0.717, 1.165) is 24.1 Å². The Morgan fingerprint density at radius 1 is 1.16 bits per heavy atom. The fourth-order valence-corrected chi connectivity index (χ4v) is 3.04. The monoisotopic (exact) mass is 260 g/mol. The summed E-state index contributed by atoms with van der Waals surface area (Å²) in [5.41, 5.74) is 5.92. The Morgan fingerprint density at radius 2 is 1.89 bits per heavy atom.